The SMILES string of the molecule is CNCc1cccc(CN(C)Cc2cccc(C)n2)c1. The summed E-state index contributed by atoms with van der Waals surface area (Å²) in [5, 5.41) is 3.19. The predicted octanol–water partition coefficient (Wildman–Crippen LogP) is 2.74. The zero-order valence-corrected chi connectivity index (χ0v) is 12.6. The van der Waals surface area contributed by atoms with E-state index in [1.165, 1.54) is 11.1 Å². The van der Waals surface area contributed by atoms with Gasteiger partial charge in [0.2, 0.25) is 0 Å². The molecule has 0 spiro atoms. The van der Waals surface area contributed by atoms with E-state index < -0.39 is 0 Å². The molecule has 0 aliphatic heterocycles. The van der Waals surface area contributed by atoms with Crippen molar-refractivity contribution in [3.63, 3.8) is 0 Å². The van der Waals surface area contributed by atoms with Crippen molar-refractivity contribution in [2.24, 2.45) is 0 Å². The van der Waals surface area contributed by atoms with Crippen LogP contribution in [-0.4, -0.2) is 24.0 Å². The molecule has 0 aliphatic carbocycles. The quantitative estimate of drug-likeness (QED) is 0.874. The molecule has 3 nitrogen and oxygen atoms in total. The number of aromatic nitrogens is 1. The van der Waals surface area contributed by atoms with Crippen molar-refractivity contribution in [2.75, 3.05) is 14.1 Å². The van der Waals surface area contributed by atoms with Crippen LogP contribution in [0.25, 0.3) is 0 Å². The van der Waals surface area contributed by atoms with Crippen LogP contribution in [0.4, 0.5) is 0 Å². The van der Waals surface area contributed by atoms with Gasteiger partial charge in [-0.1, -0.05) is 30.3 Å². The maximum atomic E-state index is 4.55. The fourth-order valence-electron chi connectivity index (χ4n) is 2.37. The monoisotopic (exact) mass is 269 g/mol. The third-order valence-corrected chi connectivity index (χ3v) is 3.20. The molecule has 106 valence electrons. The summed E-state index contributed by atoms with van der Waals surface area (Å²) in [5.74, 6) is 0. The number of nitrogens with zero attached hydrogens (tertiary/aromatic N) is 2. The highest BCUT2D eigenvalue weighted by Gasteiger charge is 2.04. The Balaban J connectivity index is 1.97. The normalized spacial score (nSPS) is 11.0. The molecule has 0 fully saturated rings. The smallest absolute Gasteiger partial charge is 0.0547 e. The first-order valence-corrected chi connectivity index (χ1v) is 7.01. The summed E-state index contributed by atoms with van der Waals surface area (Å²) in [6, 6.07) is 14.9. The molecule has 2 aromatic rings. The molecular weight excluding hydrogens is 246 g/mol. The zero-order valence-electron chi connectivity index (χ0n) is 12.6. The summed E-state index contributed by atoms with van der Waals surface area (Å²) in [6.07, 6.45) is 0. The highest BCUT2D eigenvalue weighted by Crippen LogP contribution is 2.10. The first-order chi connectivity index (χ1) is 9.67. The second-order valence-electron chi connectivity index (χ2n) is 5.29. The van der Waals surface area contributed by atoms with Crippen LogP contribution in [0.15, 0.2) is 42.5 Å². The number of hydrogen-bond acceptors (Lipinski definition) is 3. The third-order valence-electron chi connectivity index (χ3n) is 3.20. The Bertz CT molecular complexity index is 551. The van der Waals surface area contributed by atoms with Gasteiger partial charge in [0.25, 0.3) is 0 Å². The predicted molar refractivity (Wildman–Crippen MR) is 83.4 cm³/mol. The van der Waals surface area contributed by atoms with Crippen molar-refractivity contribution in [1.82, 2.24) is 15.2 Å². The van der Waals surface area contributed by atoms with Crippen molar-refractivity contribution < 1.29 is 0 Å². The van der Waals surface area contributed by atoms with Crippen LogP contribution in [0.5, 0.6) is 0 Å². The Morgan fingerprint density at radius 1 is 1.05 bits per heavy atom. The number of aryl methyl sites for hydroxylation is 1. The fraction of sp³-hybridized carbons (Fsp3) is 0.353. The lowest BCUT2D eigenvalue weighted by atomic mass is 10.1. The van der Waals surface area contributed by atoms with E-state index in [2.05, 4.69) is 58.6 Å². The fourth-order valence-corrected chi connectivity index (χ4v) is 2.37. The Morgan fingerprint density at radius 2 is 1.80 bits per heavy atom. The Morgan fingerprint density at radius 3 is 2.55 bits per heavy atom. The zero-order chi connectivity index (χ0) is 14.4. The molecule has 0 saturated heterocycles. The van der Waals surface area contributed by atoms with Gasteiger partial charge in [-0.25, -0.2) is 0 Å². The molecule has 1 aromatic carbocycles. The first-order valence-electron chi connectivity index (χ1n) is 7.01. The minimum Gasteiger partial charge on any atom is -0.316 e. The average molecular weight is 269 g/mol. The van der Waals surface area contributed by atoms with Crippen LogP contribution < -0.4 is 5.32 Å². The molecule has 0 amide bonds. The van der Waals surface area contributed by atoms with Crippen LogP contribution in [-0.2, 0) is 19.6 Å². The third kappa shape index (κ3) is 4.44. The molecule has 2 rings (SSSR count). The van der Waals surface area contributed by atoms with Crippen LogP contribution in [0.2, 0.25) is 0 Å². The highest BCUT2D eigenvalue weighted by molar-refractivity contribution is 5.23. The van der Waals surface area contributed by atoms with Gasteiger partial charge in [-0.2, -0.15) is 0 Å². The van der Waals surface area contributed by atoms with Gasteiger partial charge >= 0.3 is 0 Å². The van der Waals surface area contributed by atoms with Gasteiger partial charge in [-0.3, -0.25) is 9.88 Å². The van der Waals surface area contributed by atoms with E-state index in [0.29, 0.717) is 0 Å². The molecule has 0 unspecified atom stereocenters. The second kappa shape index (κ2) is 7.17. The van der Waals surface area contributed by atoms with Crippen molar-refractivity contribution in [3.05, 3.63) is 65.0 Å². The summed E-state index contributed by atoms with van der Waals surface area (Å²) in [5.41, 5.74) is 4.87. The van der Waals surface area contributed by atoms with Crippen molar-refractivity contribution in [2.45, 2.75) is 26.6 Å². The van der Waals surface area contributed by atoms with Gasteiger partial charge in [0.1, 0.15) is 0 Å². The maximum Gasteiger partial charge on any atom is 0.0547 e. The molecule has 0 aliphatic rings. The van der Waals surface area contributed by atoms with Crippen LogP contribution >= 0.6 is 0 Å². The number of benzene rings is 1. The van der Waals surface area contributed by atoms with E-state index >= 15 is 0 Å². The Kier molecular flexibility index (Phi) is 5.27. The van der Waals surface area contributed by atoms with E-state index in [-0.39, 0.29) is 0 Å². The van der Waals surface area contributed by atoms with Crippen LogP contribution in [0.1, 0.15) is 22.5 Å². The number of pyridine rings is 1. The number of hydrogen-bond donors (Lipinski definition) is 1. The lowest BCUT2D eigenvalue weighted by Gasteiger charge is -2.17. The molecule has 1 N–H and O–H groups in total. The molecular formula is C17H23N3. The molecule has 1 heterocycles. The first kappa shape index (κ1) is 14.7. The lowest BCUT2D eigenvalue weighted by Crippen LogP contribution is -2.18. The maximum absolute atomic E-state index is 4.55. The topological polar surface area (TPSA) is 28.2 Å². The summed E-state index contributed by atoms with van der Waals surface area (Å²) in [6.45, 7) is 4.76. The van der Waals surface area contributed by atoms with Gasteiger partial charge < -0.3 is 5.32 Å². The van der Waals surface area contributed by atoms with Crippen molar-refractivity contribution in [3.8, 4) is 0 Å². The van der Waals surface area contributed by atoms with E-state index in [4.69, 9.17) is 0 Å². The molecule has 3 heteroatoms. The molecule has 0 saturated carbocycles. The van der Waals surface area contributed by atoms with Gasteiger partial charge in [-0.15, -0.1) is 0 Å². The summed E-state index contributed by atoms with van der Waals surface area (Å²) in [7, 11) is 4.11. The molecule has 0 radical (unpaired) electrons. The Labute approximate surface area is 121 Å². The minimum absolute atomic E-state index is 0.873. The summed E-state index contributed by atoms with van der Waals surface area (Å²) in [4.78, 5) is 6.84. The van der Waals surface area contributed by atoms with E-state index in [1.807, 2.05) is 20.0 Å². The van der Waals surface area contributed by atoms with Crippen LogP contribution in [0.3, 0.4) is 0 Å². The molecule has 0 atom stereocenters. The summed E-state index contributed by atoms with van der Waals surface area (Å²) >= 11 is 0. The highest BCUT2D eigenvalue weighted by atomic mass is 15.1. The van der Waals surface area contributed by atoms with Crippen LogP contribution in [0, 0.1) is 6.92 Å². The van der Waals surface area contributed by atoms with E-state index in [9.17, 15) is 0 Å². The number of nitrogens with one attached hydrogen (secondary N) is 1. The van der Waals surface area contributed by atoms with E-state index in [0.717, 1.165) is 31.0 Å². The van der Waals surface area contributed by atoms with Crippen molar-refractivity contribution in [1.29, 1.82) is 0 Å². The molecule has 1 aromatic heterocycles. The molecule has 20 heavy (non-hydrogen) atoms. The van der Waals surface area contributed by atoms with Gasteiger partial charge in [0, 0.05) is 25.3 Å². The van der Waals surface area contributed by atoms with Gasteiger partial charge in [0.05, 0.1) is 5.69 Å². The summed E-state index contributed by atoms with van der Waals surface area (Å²) < 4.78 is 0. The largest absolute Gasteiger partial charge is 0.316 e. The van der Waals surface area contributed by atoms with E-state index in [1.54, 1.807) is 0 Å². The lowest BCUT2D eigenvalue weighted by molar-refractivity contribution is 0.315. The van der Waals surface area contributed by atoms with Gasteiger partial charge in [-0.05, 0) is 44.3 Å². The standard InChI is InChI=1S/C17H23N3/c1-14-6-4-9-17(19-14)13-20(3)12-16-8-5-7-15(10-16)11-18-2/h4-10,18H,11-13H2,1-3H3. The minimum atomic E-state index is 0.873. The van der Waals surface area contributed by atoms with Crippen molar-refractivity contribution >= 4 is 0 Å². The Hall–Kier alpha value is -1.71. The average Bonchev–Trinajstić information content (AvgIpc) is 2.39. The number of rotatable bonds is 6. The second-order valence-corrected chi connectivity index (χ2v) is 5.29. The molecule has 0 bridgehead atoms. The van der Waals surface area contributed by atoms with Gasteiger partial charge in [0.15, 0.2) is 0 Å².